The Balaban J connectivity index is 1.85. The minimum Gasteiger partial charge on any atom is -0.488 e. The van der Waals surface area contributed by atoms with Gasteiger partial charge in [-0.2, -0.15) is 5.26 Å². The molecule has 0 amide bonds. The van der Waals surface area contributed by atoms with Crippen molar-refractivity contribution in [3.8, 4) is 11.8 Å². The summed E-state index contributed by atoms with van der Waals surface area (Å²) in [4.78, 5) is -0.488. The first-order valence-corrected chi connectivity index (χ1v) is 10.1. The molecule has 3 rings (SSSR count). The molecule has 0 saturated heterocycles. The number of benzene rings is 3. The van der Waals surface area contributed by atoms with Gasteiger partial charge < -0.3 is 4.74 Å². The number of sulfonamides is 1. The first kappa shape index (κ1) is 20.1. The highest BCUT2D eigenvalue weighted by molar-refractivity contribution is 7.96. The van der Waals surface area contributed by atoms with E-state index in [1.807, 2.05) is 30.3 Å². The molecule has 0 unspecified atom stereocenters. The number of anilines is 1. The molecule has 3 aromatic carbocycles. The molecular formula is C22H17FN2O3S. The summed E-state index contributed by atoms with van der Waals surface area (Å²) in [6.07, 6.45) is 1.24. The third kappa shape index (κ3) is 5.43. The highest BCUT2D eigenvalue weighted by Gasteiger charge is 2.18. The first-order valence-electron chi connectivity index (χ1n) is 8.64. The molecule has 0 fully saturated rings. The van der Waals surface area contributed by atoms with Gasteiger partial charge in [0.1, 0.15) is 24.2 Å². The van der Waals surface area contributed by atoms with Crippen LogP contribution in [0.4, 0.5) is 10.1 Å². The van der Waals surface area contributed by atoms with Crippen LogP contribution in [0.2, 0.25) is 0 Å². The summed E-state index contributed by atoms with van der Waals surface area (Å²) in [5, 5.41) is 9.41. The van der Waals surface area contributed by atoms with Crippen molar-refractivity contribution in [1.82, 2.24) is 0 Å². The monoisotopic (exact) mass is 408 g/mol. The summed E-state index contributed by atoms with van der Waals surface area (Å²) in [7, 11) is -4.15. The molecule has 1 N–H and O–H groups in total. The number of hydrogen-bond acceptors (Lipinski definition) is 4. The van der Waals surface area contributed by atoms with E-state index in [0.29, 0.717) is 17.9 Å². The molecular weight excluding hydrogens is 391 g/mol. The van der Waals surface area contributed by atoms with Gasteiger partial charge in [0.05, 0.1) is 0 Å². The number of para-hydroxylation sites is 1. The largest absolute Gasteiger partial charge is 0.488 e. The second-order valence-electron chi connectivity index (χ2n) is 6.04. The van der Waals surface area contributed by atoms with E-state index in [4.69, 9.17) is 4.74 Å². The number of hydrogen-bond donors (Lipinski definition) is 1. The number of nitrogens with zero attached hydrogens (tertiary/aromatic N) is 1. The maximum absolute atomic E-state index is 13.0. The maximum atomic E-state index is 13.0. The van der Waals surface area contributed by atoms with E-state index in [1.54, 1.807) is 30.3 Å². The molecule has 3 aromatic rings. The predicted octanol–water partition coefficient (Wildman–Crippen LogP) is 4.71. The van der Waals surface area contributed by atoms with Crippen molar-refractivity contribution >= 4 is 21.8 Å². The molecule has 0 radical (unpaired) electrons. The maximum Gasteiger partial charge on any atom is 0.272 e. The topological polar surface area (TPSA) is 79.2 Å². The van der Waals surface area contributed by atoms with Crippen LogP contribution < -0.4 is 9.46 Å². The molecule has 0 aliphatic rings. The van der Waals surface area contributed by atoms with Crippen LogP contribution in [0, 0.1) is 17.1 Å². The van der Waals surface area contributed by atoms with E-state index >= 15 is 0 Å². The molecule has 5 nitrogen and oxygen atoms in total. The van der Waals surface area contributed by atoms with Crippen LogP contribution in [0.25, 0.3) is 6.08 Å². The van der Waals surface area contributed by atoms with Gasteiger partial charge >= 0.3 is 0 Å². The van der Waals surface area contributed by atoms with Crippen molar-refractivity contribution in [3.05, 3.63) is 101 Å². The summed E-state index contributed by atoms with van der Waals surface area (Å²) in [5.41, 5.74) is 1.56. The third-order valence-electron chi connectivity index (χ3n) is 3.94. The van der Waals surface area contributed by atoms with Crippen LogP contribution >= 0.6 is 0 Å². The Morgan fingerprint density at radius 1 is 1.00 bits per heavy atom. The van der Waals surface area contributed by atoms with Gasteiger partial charge in [-0.15, -0.1) is 0 Å². The van der Waals surface area contributed by atoms with Gasteiger partial charge in [0.2, 0.25) is 0 Å². The van der Waals surface area contributed by atoms with Crippen molar-refractivity contribution in [1.29, 1.82) is 5.26 Å². The van der Waals surface area contributed by atoms with Gasteiger partial charge in [0.15, 0.2) is 4.91 Å². The fourth-order valence-corrected chi connectivity index (χ4v) is 3.46. The summed E-state index contributed by atoms with van der Waals surface area (Å²) in [6.45, 7) is 0.300. The number of nitrogens with one attached hydrogen (secondary N) is 1. The van der Waals surface area contributed by atoms with Crippen LogP contribution in [0.1, 0.15) is 11.1 Å². The van der Waals surface area contributed by atoms with Crippen LogP contribution in [-0.2, 0) is 16.6 Å². The van der Waals surface area contributed by atoms with E-state index in [-0.39, 0.29) is 5.69 Å². The second-order valence-corrected chi connectivity index (χ2v) is 7.70. The van der Waals surface area contributed by atoms with Gasteiger partial charge in [-0.05, 0) is 42.0 Å². The van der Waals surface area contributed by atoms with E-state index in [0.717, 1.165) is 17.7 Å². The normalized spacial score (nSPS) is 11.5. The van der Waals surface area contributed by atoms with Crippen LogP contribution in [0.3, 0.4) is 0 Å². The molecule has 0 atom stereocenters. The molecule has 146 valence electrons. The molecule has 0 aliphatic carbocycles. The second kappa shape index (κ2) is 9.04. The Labute approximate surface area is 168 Å². The molecule has 0 aromatic heterocycles. The highest BCUT2D eigenvalue weighted by atomic mass is 32.2. The number of rotatable bonds is 7. The lowest BCUT2D eigenvalue weighted by Crippen LogP contribution is -2.14. The van der Waals surface area contributed by atoms with Gasteiger partial charge in [-0.25, -0.2) is 12.8 Å². The van der Waals surface area contributed by atoms with E-state index < -0.39 is 20.7 Å². The van der Waals surface area contributed by atoms with Crippen molar-refractivity contribution in [2.45, 2.75) is 6.61 Å². The van der Waals surface area contributed by atoms with E-state index in [2.05, 4.69) is 4.72 Å². The van der Waals surface area contributed by atoms with Crippen molar-refractivity contribution in [3.63, 3.8) is 0 Å². The Bertz CT molecular complexity index is 1150. The molecule has 0 heterocycles. The number of nitriles is 1. The molecule has 29 heavy (non-hydrogen) atoms. The number of allylic oxidation sites excluding steroid dienone is 1. The quantitative estimate of drug-likeness (QED) is 0.574. The Morgan fingerprint density at radius 2 is 1.66 bits per heavy atom. The van der Waals surface area contributed by atoms with Crippen molar-refractivity contribution in [2.75, 3.05) is 4.72 Å². The first-order chi connectivity index (χ1) is 14.0. The van der Waals surface area contributed by atoms with E-state index in [1.165, 1.54) is 18.2 Å². The fraction of sp³-hybridized carbons (Fsp3) is 0.0455. The standard InChI is InChI=1S/C22H17FN2O3S/c23-19-10-12-20(13-11-19)25-29(26,27)21(15-24)14-18-8-4-5-9-22(18)28-16-17-6-2-1-3-7-17/h1-14,25H,16H2. The zero-order chi connectivity index (χ0) is 20.7. The molecule has 0 spiro atoms. The average Bonchev–Trinajstić information content (AvgIpc) is 2.73. The number of ether oxygens (including phenoxy) is 1. The molecule has 0 aliphatic heterocycles. The summed E-state index contributed by atoms with van der Waals surface area (Å²) >= 11 is 0. The van der Waals surface area contributed by atoms with Crippen LogP contribution in [0.5, 0.6) is 5.75 Å². The summed E-state index contributed by atoms with van der Waals surface area (Å²) in [6, 6.07) is 22.9. The Morgan fingerprint density at radius 3 is 2.34 bits per heavy atom. The highest BCUT2D eigenvalue weighted by Crippen LogP contribution is 2.24. The predicted molar refractivity (Wildman–Crippen MR) is 110 cm³/mol. The van der Waals surface area contributed by atoms with Crippen molar-refractivity contribution < 1.29 is 17.5 Å². The van der Waals surface area contributed by atoms with Gasteiger partial charge in [-0.1, -0.05) is 48.5 Å². The van der Waals surface area contributed by atoms with E-state index in [9.17, 15) is 18.1 Å². The fourth-order valence-electron chi connectivity index (χ4n) is 2.51. The molecule has 0 saturated carbocycles. The summed E-state index contributed by atoms with van der Waals surface area (Å²) in [5.74, 6) is -0.0467. The van der Waals surface area contributed by atoms with Gasteiger partial charge in [0.25, 0.3) is 10.0 Å². The zero-order valence-electron chi connectivity index (χ0n) is 15.2. The average molecular weight is 408 g/mol. The Hall–Kier alpha value is -3.63. The van der Waals surface area contributed by atoms with Crippen molar-refractivity contribution in [2.24, 2.45) is 0 Å². The zero-order valence-corrected chi connectivity index (χ0v) is 16.1. The summed E-state index contributed by atoms with van der Waals surface area (Å²) < 4.78 is 46.2. The molecule has 0 bridgehead atoms. The SMILES string of the molecule is N#CC(=Cc1ccccc1OCc1ccccc1)S(=O)(=O)Nc1ccc(F)cc1. The number of halogens is 1. The minimum absolute atomic E-state index is 0.154. The lowest BCUT2D eigenvalue weighted by Gasteiger charge is -2.10. The van der Waals surface area contributed by atoms with Crippen LogP contribution in [0.15, 0.2) is 83.8 Å². The van der Waals surface area contributed by atoms with Gasteiger partial charge in [0, 0.05) is 11.3 Å². The minimum atomic E-state index is -4.15. The van der Waals surface area contributed by atoms with Crippen LogP contribution in [-0.4, -0.2) is 8.42 Å². The molecule has 7 heteroatoms. The third-order valence-corrected chi connectivity index (χ3v) is 5.23. The van der Waals surface area contributed by atoms with Gasteiger partial charge in [-0.3, -0.25) is 4.72 Å². The smallest absolute Gasteiger partial charge is 0.272 e. The lowest BCUT2D eigenvalue weighted by molar-refractivity contribution is 0.305. The Kier molecular flexibility index (Phi) is 6.27. The lowest BCUT2D eigenvalue weighted by atomic mass is 10.2.